The van der Waals surface area contributed by atoms with Gasteiger partial charge in [-0.25, -0.2) is 4.79 Å². The highest BCUT2D eigenvalue weighted by atomic mass is 32.1. The van der Waals surface area contributed by atoms with Gasteiger partial charge in [-0.2, -0.15) is 0 Å². The van der Waals surface area contributed by atoms with Crippen molar-refractivity contribution in [3.05, 3.63) is 29.8 Å². The molecule has 0 spiro atoms. The van der Waals surface area contributed by atoms with Crippen molar-refractivity contribution in [2.45, 2.75) is 13.8 Å². The molecule has 5 nitrogen and oxygen atoms in total. The van der Waals surface area contributed by atoms with Crippen LogP contribution in [0.1, 0.15) is 24.2 Å². The molecule has 1 aromatic rings. The molecule has 96 valence electrons. The number of aromatic carboxylic acids is 1. The lowest BCUT2D eigenvalue weighted by molar-refractivity contribution is -0.122. The molecule has 0 saturated heterocycles. The molecule has 0 unspecified atom stereocenters. The molecule has 0 aromatic heterocycles. The molecule has 1 rings (SSSR count). The van der Waals surface area contributed by atoms with Crippen molar-refractivity contribution in [3.8, 4) is 0 Å². The first-order valence-corrected chi connectivity index (χ1v) is 5.76. The third kappa shape index (κ3) is 3.81. The van der Waals surface area contributed by atoms with Gasteiger partial charge < -0.3 is 15.7 Å². The summed E-state index contributed by atoms with van der Waals surface area (Å²) in [6.45, 7) is 3.48. The quantitative estimate of drug-likeness (QED) is 0.728. The van der Waals surface area contributed by atoms with Crippen LogP contribution in [0, 0.1) is 5.92 Å². The Hall–Kier alpha value is -1.95. The van der Waals surface area contributed by atoms with Crippen LogP contribution in [0.25, 0.3) is 0 Å². The number of amides is 1. The summed E-state index contributed by atoms with van der Waals surface area (Å²) < 4.78 is 0. The standard InChI is InChI=1S/C12H14N2O3S/c1-7(2)10(15)14-12(18)13-9-6-4-3-5-8(9)11(16)17/h3-7H,1-2H3,(H,16,17)(H2,13,14,15,18). The normalized spacial score (nSPS) is 9.94. The van der Waals surface area contributed by atoms with Gasteiger partial charge in [-0.15, -0.1) is 0 Å². The first-order valence-electron chi connectivity index (χ1n) is 5.36. The van der Waals surface area contributed by atoms with Gasteiger partial charge in [0.25, 0.3) is 0 Å². The fraction of sp³-hybridized carbons (Fsp3) is 0.250. The molecular weight excluding hydrogens is 252 g/mol. The maximum absolute atomic E-state index is 11.4. The number of hydrogen-bond acceptors (Lipinski definition) is 3. The van der Waals surface area contributed by atoms with E-state index < -0.39 is 5.97 Å². The van der Waals surface area contributed by atoms with Crippen molar-refractivity contribution in [2.75, 3.05) is 5.32 Å². The summed E-state index contributed by atoms with van der Waals surface area (Å²) >= 11 is 4.94. The van der Waals surface area contributed by atoms with E-state index in [2.05, 4.69) is 10.6 Å². The van der Waals surface area contributed by atoms with Gasteiger partial charge in [0.15, 0.2) is 5.11 Å². The molecule has 3 N–H and O–H groups in total. The Balaban J connectivity index is 2.76. The molecule has 0 bridgehead atoms. The Morgan fingerprint density at radius 3 is 2.44 bits per heavy atom. The van der Waals surface area contributed by atoms with Gasteiger partial charge in [-0.05, 0) is 24.4 Å². The molecule has 0 heterocycles. The molecule has 0 saturated carbocycles. The summed E-state index contributed by atoms with van der Waals surface area (Å²) in [6.07, 6.45) is 0. The predicted molar refractivity (Wildman–Crippen MR) is 72.6 cm³/mol. The van der Waals surface area contributed by atoms with E-state index in [4.69, 9.17) is 17.3 Å². The second-order valence-electron chi connectivity index (χ2n) is 3.95. The lowest BCUT2D eigenvalue weighted by Gasteiger charge is -2.12. The molecule has 6 heteroatoms. The Bertz CT molecular complexity index is 486. The van der Waals surface area contributed by atoms with Gasteiger partial charge in [-0.3, -0.25) is 4.79 Å². The fourth-order valence-corrected chi connectivity index (χ4v) is 1.40. The Morgan fingerprint density at radius 1 is 1.28 bits per heavy atom. The van der Waals surface area contributed by atoms with Crippen LogP contribution in [-0.4, -0.2) is 22.1 Å². The highest BCUT2D eigenvalue weighted by Gasteiger charge is 2.12. The molecule has 0 fully saturated rings. The fourth-order valence-electron chi connectivity index (χ4n) is 1.19. The number of carbonyl (C=O) groups is 2. The second-order valence-corrected chi connectivity index (χ2v) is 4.36. The highest BCUT2D eigenvalue weighted by Crippen LogP contribution is 2.14. The first-order chi connectivity index (χ1) is 8.41. The first kappa shape index (κ1) is 14.1. The van der Waals surface area contributed by atoms with E-state index in [0.717, 1.165) is 0 Å². The minimum atomic E-state index is -1.06. The zero-order chi connectivity index (χ0) is 13.7. The van der Waals surface area contributed by atoms with Crippen molar-refractivity contribution in [3.63, 3.8) is 0 Å². The summed E-state index contributed by atoms with van der Waals surface area (Å²) in [5, 5.41) is 14.2. The van der Waals surface area contributed by atoms with Crippen molar-refractivity contribution in [1.82, 2.24) is 5.32 Å². The Kier molecular flexibility index (Phi) is 4.79. The molecule has 0 aliphatic heterocycles. The smallest absolute Gasteiger partial charge is 0.337 e. The summed E-state index contributed by atoms with van der Waals surface area (Å²) in [5.74, 6) is -1.48. The number of carboxylic acid groups (broad SMARTS) is 1. The Morgan fingerprint density at radius 2 is 1.89 bits per heavy atom. The molecule has 0 aliphatic carbocycles. The molecule has 0 radical (unpaired) electrons. The van der Waals surface area contributed by atoms with E-state index in [0.29, 0.717) is 5.69 Å². The van der Waals surface area contributed by atoms with Crippen LogP contribution in [0.15, 0.2) is 24.3 Å². The van der Waals surface area contributed by atoms with Crippen LogP contribution in [-0.2, 0) is 4.79 Å². The molecule has 0 atom stereocenters. The van der Waals surface area contributed by atoms with Crippen LogP contribution in [0.3, 0.4) is 0 Å². The van der Waals surface area contributed by atoms with Crippen LogP contribution >= 0.6 is 12.2 Å². The molecule has 1 amide bonds. The van der Waals surface area contributed by atoms with Crippen molar-refractivity contribution in [1.29, 1.82) is 0 Å². The average Bonchev–Trinajstić information content (AvgIpc) is 2.28. The number of carbonyl (C=O) groups excluding carboxylic acids is 1. The highest BCUT2D eigenvalue weighted by molar-refractivity contribution is 7.80. The monoisotopic (exact) mass is 266 g/mol. The number of nitrogens with one attached hydrogen (secondary N) is 2. The van der Waals surface area contributed by atoms with Gasteiger partial charge >= 0.3 is 5.97 Å². The van der Waals surface area contributed by atoms with E-state index >= 15 is 0 Å². The summed E-state index contributed by atoms with van der Waals surface area (Å²) in [7, 11) is 0. The topological polar surface area (TPSA) is 78.4 Å². The zero-order valence-electron chi connectivity index (χ0n) is 10.1. The van der Waals surface area contributed by atoms with Gasteiger partial charge in [-0.1, -0.05) is 26.0 Å². The van der Waals surface area contributed by atoms with E-state index in [9.17, 15) is 9.59 Å². The van der Waals surface area contributed by atoms with Crippen LogP contribution < -0.4 is 10.6 Å². The second kappa shape index (κ2) is 6.11. The van der Waals surface area contributed by atoms with Crippen molar-refractivity contribution >= 4 is 34.9 Å². The summed E-state index contributed by atoms with van der Waals surface area (Å²) in [4.78, 5) is 22.4. The molecule has 1 aromatic carbocycles. The van der Waals surface area contributed by atoms with E-state index in [1.54, 1.807) is 32.0 Å². The predicted octanol–water partition coefficient (Wildman–Crippen LogP) is 1.85. The number of rotatable bonds is 3. The van der Waals surface area contributed by atoms with Gasteiger partial charge in [0, 0.05) is 5.92 Å². The zero-order valence-corrected chi connectivity index (χ0v) is 10.9. The largest absolute Gasteiger partial charge is 0.478 e. The van der Waals surface area contributed by atoms with Crippen LogP contribution in [0.5, 0.6) is 0 Å². The van der Waals surface area contributed by atoms with Crippen LogP contribution in [0.4, 0.5) is 5.69 Å². The number of carboxylic acids is 1. The number of thiocarbonyl (C=S) groups is 1. The van der Waals surface area contributed by atoms with Gasteiger partial charge in [0.1, 0.15) is 0 Å². The number of hydrogen-bond donors (Lipinski definition) is 3. The number of benzene rings is 1. The maximum Gasteiger partial charge on any atom is 0.337 e. The maximum atomic E-state index is 11.4. The average molecular weight is 266 g/mol. The summed E-state index contributed by atoms with van der Waals surface area (Å²) in [5.41, 5.74) is 0.442. The van der Waals surface area contributed by atoms with Gasteiger partial charge in [0.05, 0.1) is 11.3 Å². The van der Waals surface area contributed by atoms with Gasteiger partial charge in [0.2, 0.25) is 5.91 Å². The molecule has 18 heavy (non-hydrogen) atoms. The third-order valence-electron chi connectivity index (χ3n) is 2.17. The van der Waals surface area contributed by atoms with E-state index in [-0.39, 0.29) is 22.5 Å². The van der Waals surface area contributed by atoms with Crippen molar-refractivity contribution in [2.24, 2.45) is 5.92 Å². The SMILES string of the molecule is CC(C)C(=O)NC(=S)Nc1ccccc1C(=O)O. The molecular formula is C12H14N2O3S. The Labute approximate surface area is 110 Å². The van der Waals surface area contributed by atoms with Crippen molar-refractivity contribution < 1.29 is 14.7 Å². The minimum Gasteiger partial charge on any atom is -0.478 e. The van der Waals surface area contributed by atoms with E-state index in [1.165, 1.54) is 6.07 Å². The number of para-hydroxylation sites is 1. The van der Waals surface area contributed by atoms with E-state index in [1.807, 2.05) is 0 Å². The lowest BCUT2D eigenvalue weighted by Crippen LogP contribution is -2.37. The summed E-state index contributed by atoms with van der Waals surface area (Å²) in [6, 6.07) is 6.33. The lowest BCUT2D eigenvalue weighted by atomic mass is 10.2. The molecule has 0 aliphatic rings. The minimum absolute atomic E-state index is 0.0856. The van der Waals surface area contributed by atoms with Crippen LogP contribution in [0.2, 0.25) is 0 Å². The number of anilines is 1. The third-order valence-corrected chi connectivity index (χ3v) is 2.37.